The Kier molecular flexibility index (Phi) is 9.56. The molecular formula is C27H40ClFO. The number of allylic oxidation sites excluding steroid dienone is 2. The van der Waals surface area contributed by atoms with Gasteiger partial charge in [0.1, 0.15) is 16.6 Å². The van der Waals surface area contributed by atoms with Gasteiger partial charge in [-0.25, -0.2) is 4.39 Å². The first kappa shape index (κ1) is 23.6. The Bertz CT molecular complexity index is 670. The predicted molar refractivity (Wildman–Crippen MR) is 126 cm³/mol. The Hall–Kier alpha value is -1.02. The SMILES string of the molecule is C/C=C/CCC1CCC(C2CCC(c3ccc(OCCCC)c(Cl)c3F)CC2)CC1. The fourth-order valence-corrected chi connectivity index (χ4v) is 5.88. The van der Waals surface area contributed by atoms with Gasteiger partial charge in [0.2, 0.25) is 0 Å². The summed E-state index contributed by atoms with van der Waals surface area (Å²) in [5.41, 5.74) is 0.800. The Morgan fingerprint density at radius 1 is 1.03 bits per heavy atom. The normalized spacial score (nSPS) is 27.5. The van der Waals surface area contributed by atoms with Crippen LogP contribution in [0.4, 0.5) is 4.39 Å². The van der Waals surface area contributed by atoms with E-state index < -0.39 is 0 Å². The van der Waals surface area contributed by atoms with Crippen LogP contribution >= 0.6 is 11.6 Å². The second-order valence-electron chi connectivity index (χ2n) is 9.52. The molecule has 0 spiro atoms. The summed E-state index contributed by atoms with van der Waals surface area (Å²) in [7, 11) is 0. The minimum Gasteiger partial charge on any atom is -0.492 e. The topological polar surface area (TPSA) is 9.23 Å². The Morgan fingerprint density at radius 2 is 1.70 bits per heavy atom. The summed E-state index contributed by atoms with van der Waals surface area (Å²) in [6.45, 7) is 4.82. The van der Waals surface area contributed by atoms with Crippen LogP contribution in [-0.2, 0) is 0 Å². The average Bonchev–Trinajstić information content (AvgIpc) is 2.78. The van der Waals surface area contributed by atoms with Gasteiger partial charge in [-0.3, -0.25) is 0 Å². The van der Waals surface area contributed by atoms with Crippen molar-refractivity contribution in [3.8, 4) is 5.75 Å². The fraction of sp³-hybridized carbons (Fsp3) is 0.704. The second-order valence-corrected chi connectivity index (χ2v) is 9.90. The molecule has 30 heavy (non-hydrogen) atoms. The molecule has 3 rings (SSSR count). The lowest BCUT2D eigenvalue weighted by Gasteiger charge is -2.38. The van der Waals surface area contributed by atoms with Crippen molar-refractivity contribution in [3.63, 3.8) is 0 Å². The lowest BCUT2D eigenvalue weighted by Crippen LogP contribution is -2.25. The van der Waals surface area contributed by atoms with E-state index in [4.69, 9.17) is 16.3 Å². The Labute approximate surface area is 188 Å². The number of unbranched alkanes of at least 4 members (excludes halogenated alkanes) is 1. The molecule has 3 heteroatoms. The maximum absolute atomic E-state index is 15.0. The number of benzene rings is 1. The van der Waals surface area contributed by atoms with E-state index in [1.807, 2.05) is 12.1 Å². The lowest BCUT2D eigenvalue weighted by atomic mass is 9.68. The molecule has 0 N–H and O–H groups in total. The van der Waals surface area contributed by atoms with Crippen molar-refractivity contribution in [1.29, 1.82) is 0 Å². The van der Waals surface area contributed by atoms with E-state index in [2.05, 4.69) is 26.0 Å². The first-order chi connectivity index (χ1) is 14.6. The van der Waals surface area contributed by atoms with E-state index >= 15 is 0 Å². The standard InChI is InChI=1S/C27H40ClFO/c1-3-5-7-8-20-9-11-21(12-10-20)22-13-15-23(16-14-22)24-17-18-25(26(28)27(24)29)30-19-6-4-2/h3,5,17-18,20-23H,4,6-16,19H2,1-2H3/b5-3+. The van der Waals surface area contributed by atoms with Crippen molar-refractivity contribution in [1.82, 2.24) is 0 Å². The van der Waals surface area contributed by atoms with E-state index in [0.29, 0.717) is 18.3 Å². The van der Waals surface area contributed by atoms with Gasteiger partial charge in [-0.15, -0.1) is 0 Å². The summed E-state index contributed by atoms with van der Waals surface area (Å²) >= 11 is 6.30. The van der Waals surface area contributed by atoms with Gasteiger partial charge in [0.15, 0.2) is 0 Å². The van der Waals surface area contributed by atoms with Crippen molar-refractivity contribution in [2.45, 2.75) is 96.8 Å². The van der Waals surface area contributed by atoms with Crippen LogP contribution in [0.5, 0.6) is 5.75 Å². The molecule has 168 valence electrons. The largest absolute Gasteiger partial charge is 0.492 e. The van der Waals surface area contributed by atoms with Gasteiger partial charge in [0, 0.05) is 0 Å². The summed E-state index contributed by atoms with van der Waals surface area (Å²) < 4.78 is 20.6. The van der Waals surface area contributed by atoms with Crippen LogP contribution in [0.3, 0.4) is 0 Å². The second kappa shape index (κ2) is 12.1. The van der Waals surface area contributed by atoms with Gasteiger partial charge in [0.05, 0.1) is 6.61 Å². The molecule has 0 aromatic heterocycles. The third-order valence-electron chi connectivity index (χ3n) is 7.58. The highest BCUT2D eigenvalue weighted by Crippen LogP contribution is 2.46. The summed E-state index contributed by atoms with van der Waals surface area (Å²) in [4.78, 5) is 0. The van der Waals surface area contributed by atoms with Crippen LogP contribution in [0.2, 0.25) is 5.02 Å². The highest BCUT2D eigenvalue weighted by molar-refractivity contribution is 6.32. The van der Waals surface area contributed by atoms with Crippen molar-refractivity contribution >= 4 is 11.6 Å². The number of rotatable bonds is 9. The van der Waals surface area contributed by atoms with E-state index in [9.17, 15) is 4.39 Å². The predicted octanol–water partition coefficient (Wildman–Crippen LogP) is 9.09. The molecule has 0 atom stereocenters. The van der Waals surface area contributed by atoms with E-state index in [-0.39, 0.29) is 10.8 Å². The first-order valence-corrected chi connectivity index (χ1v) is 12.7. The summed E-state index contributed by atoms with van der Waals surface area (Å²) in [5, 5.41) is 0.168. The number of hydrogen-bond donors (Lipinski definition) is 0. The van der Waals surface area contributed by atoms with Gasteiger partial charge < -0.3 is 4.74 Å². The zero-order valence-electron chi connectivity index (χ0n) is 19.0. The average molecular weight is 435 g/mol. The van der Waals surface area contributed by atoms with Gasteiger partial charge in [-0.1, -0.05) is 56.0 Å². The van der Waals surface area contributed by atoms with E-state index in [1.165, 1.54) is 51.4 Å². The zero-order valence-corrected chi connectivity index (χ0v) is 19.7. The molecule has 0 radical (unpaired) electrons. The molecule has 1 aromatic rings. The van der Waals surface area contributed by atoms with Crippen molar-refractivity contribution in [3.05, 3.63) is 40.7 Å². The molecule has 0 unspecified atom stereocenters. The number of ether oxygens (including phenoxy) is 1. The van der Waals surface area contributed by atoms with Crippen LogP contribution in [0.1, 0.15) is 102 Å². The third kappa shape index (κ3) is 6.25. The molecule has 2 aliphatic carbocycles. The zero-order chi connectivity index (χ0) is 21.3. The van der Waals surface area contributed by atoms with Crippen LogP contribution in [-0.4, -0.2) is 6.61 Å². The van der Waals surface area contributed by atoms with Gasteiger partial charge in [0.25, 0.3) is 0 Å². The van der Waals surface area contributed by atoms with E-state index in [0.717, 1.165) is 49.0 Å². The van der Waals surface area contributed by atoms with Crippen LogP contribution in [0.25, 0.3) is 0 Å². The molecule has 0 aliphatic heterocycles. The smallest absolute Gasteiger partial charge is 0.149 e. The maximum Gasteiger partial charge on any atom is 0.149 e. The highest BCUT2D eigenvalue weighted by atomic mass is 35.5. The molecule has 0 heterocycles. The van der Waals surface area contributed by atoms with Gasteiger partial charge >= 0.3 is 0 Å². The number of hydrogen-bond acceptors (Lipinski definition) is 1. The number of halogens is 2. The Balaban J connectivity index is 1.48. The van der Waals surface area contributed by atoms with Crippen molar-refractivity contribution in [2.24, 2.45) is 17.8 Å². The Morgan fingerprint density at radius 3 is 2.33 bits per heavy atom. The van der Waals surface area contributed by atoms with Gasteiger partial charge in [-0.2, -0.15) is 0 Å². The molecule has 0 amide bonds. The fourth-order valence-electron chi connectivity index (χ4n) is 5.65. The molecule has 0 bridgehead atoms. The molecule has 0 saturated heterocycles. The van der Waals surface area contributed by atoms with E-state index in [1.54, 1.807) is 0 Å². The molecular weight excluding hydrogens is 395 g/mol. The van der Waals surface area contributed by atoms with Crippen molar-refractivity contribution in [2.75, 3.05) is 6.61 Å². The van der Waals surface area contributed by atoms with Crippen LogP contribution in [0.15, 0.2) is 24.3 Å². The van der Waals surface area contributed by atoms with Crippen molar-refractivity contribution < 1.29 is 9.13 Å². The first-order valence-electron chi connectivity index (χ1n) is 12.4. The summed E-state index contributed by atoms with van der Waals surface area (Å²) in [6.07, 6.45) is 19.4. The van der Waals surface area contributed by atoms with Crippen LogP contribution in [0, 0.1) is 23.6 Å². The molecule has 1 aromatic carbocycles. The quantitative estimate of drug-likeness (QED) is 0.278. The molecule has 1 nitrogen and oxygen atoms in total. The monoisotopic (exact) mass is 434 g/mol. The third-order valence-corrected chi connectivity index (χ3v) is 7.93. The lowest BCUT2D eigenvalue weighted by molar-refractivity contribution is 0.156. The maximum atomic E-state index is 15.0. The molecule has 2 aliphatic rings. The minimum absolute atomic E-state index is 0.168. The van der Waals surface area contributed by atoms with Gasteiger partial charge in [-0.05, 0) is 100 Å². The molecule has 2 fully saturated rings. The summed E-state index contributed by atoms with van der Waals surface area (Å²) in [6, 6.07) is 3.79. The summed E-state index contributed by atoms with van der Waals surface area (Å²) in [5.74, 6) is 3.21. The highest BCUT2D eigenvalue weighted by Gasteiger charge is 2.32. The van der Waals surface area contributed by atoms with Crippen LogP contribution < -0.4 is 4.74 Å². The molecule has 2 saturated carbocycles. The minimum atomic E-state index is -0.254.